The van der Waals surface area contributed by atoms with Gasteiger partial charge in [0, 0.05) is 0 Å². The van der Waals surface area contributed by atoms with Crippen LogP contribution in [-0.4, -0.2) is 4.98 Å². The molecule has 0 bridgehead atoms. The summed E-state index contributed by atoms with van der Waals surface area (Å²) in [4.78, 5) is 3.96. The van der Waals surface area contributed by atoms with Gasteiger partial charge in [-0.05, 0) is 6.92 Å². The minimum atomic E-state index is 0.984. The molecule has 0 atom stereocenters. The largest absolute Gasteiger partial charge is 0.249 e. The Labute approximate surface area is 65.5 Å². The van der Waals surface area contributed by atoms with Crippen LogP contribution in [0, 0.1) is 6.92 Å². The van der Waals surface area contributed by atoms with Crippen molar-refractivity contribution in [1.29, 1.82) is 0 Å². The first-order valence-corrected chi connectivity index (χ1v) is 4.17. The second-order valence-corrected chi connectivity index (χ2v) is 3.24. The molecule has 0 aliphatic carbocycles. The first kappa shape index (κ1) is 8.98. The van der Waals surface area contributed by atoms with E-state index in [4.69, 9.17) is 0 Å². The zero-order valence-electron chi connectivity index (χ0n) is 5.88. The van der Waals surface area contributed by atoms with Gasteiger partial charge in [0.15, 0.2) is 0 Å². The topological polar surface area (TPSA) is 12.9 Å². The summed E-state index contributed by atoms with van der Waals surface area (Å²) in [5.74, 6) is 0. The first-order valence-electron chi connectivity index (χ1n) is 2.90. The Morgan fingerprint density at radius 3 is 2.22 bits per heavy atom. The number of thiazole rings is 1. The number of hydrogen-bond donors (Lipinski definition) is 1. The zero-order valence-corrected chi connectivity index (χ0v) is 7.59. The molecule has 0 saturated heterocycles. The van der Waals surface area contributed by atoms with Crippen molar-refractivity contribution in [1.82, 2.24) is 4.98 Å². The Kier molecular flexibility index (Phi) is 4.81. The van der Waals surface area contributed by atoms with Gasteiger partial charge in [-0.15, -0.1) is 24.0 Å². The highest BCUT2D eigenvalue weighted by atomic mass is 32.2. The van der Waals surface area contributed by atoms with Crippen molar-refractivity contribution >= 4 is 24.0 Å². The summed E-state index contributed by atoms with van der Waals surface area (Å²) in [5, 5.41) is 1.07. The van der Waals surface area contributed by atoms with Crippen molar-refractivity contribution in [2.24, 2.45) is 0 Å². The van der Waals surface area contributed by atoms with E-state index < -0.39 is 0 Å². The van der Waals surface area contributed by atoms with Gasteiger partial charge in [-0.25, -0.2) is 4.98 Å². The highest BCUT2D eigenvalue weighted by Crippen LogP contribution is 2.14. The molecule has 0 aromatic carbocycles. The Morgan fingerprint density at radius 2 is 2.11 bits per heavy atom. The molecule has 0 unspecified atom stereocenters. The van der Waals surface area contributed by atoms with Gasteiger partial charge in [0.25, 0.3) is 0 Å². The van der Waals surface area contributed by atoms with E-state index >= 15 is 0 Å². The molecule has 9 heavy (non-hydrogen) atoms. The number of hydrogen-bond acceptors (Lipinski definition) is 3. The summed E-state index contributed by atoms with van der Waals surface area (Å²) in [6.07, 6.45) is 1.75. The van der Waals surface area contributed by atoms with E-state index in [0.29, 0.717) is 0 Å². The molecule has 1 aromatic rings. The molecule has 1 heterocycles. The minimum absolute atomic E-state index is 0.984. The van der Waals surface area contributed by atoms with E-state index in [-0.39, 0.29) is 0 Å². The summed E-state index contributed by atoms with van der Waals surface area (Å²) in [5.41, 5.74) is 0. The van der Waals surface area contributed by atoms with Gasteiger partial charge >= 0.3 is 0 Å². The number of thiol groups is 1. The Bertz CT molecular complexity index is 143. The average molecular weight is 161 g/mol. The predicted octanol–water partition coefficient (Wildman–Crippen LogP) is 2.77. The van der Waals surface area contributed by atoms with Crippen LogP contribution in [0.25, 0.3) is 0 Å². The van der Waals surface area contributed by atoms with E-state index in [2.05, 4.69) is 17.6 Å². The van der Waals surface area contributed by atoms with E-state index in [1.54, 1.807) is 17.5 Å². The van der Waals surface area contributed by atoms with Gasteiger partial charge in [0.1, 0.15) is 0 Å². The van der Waals surface area contributed by atoms with Crippen LogP contribution in [-0.2, 0) is 0 Å². The highest BCUT2D eigenvalue weighted by molar-refractivity contribution is 7.82. The number of nitrogens with zero attached hydrogens (tertiary/aromatic N) is 1. The molecule has 1 aromatic heterocycles. The SMILES string of the molecule is CC.Cc1ncc(S)s1. The van der Waals surface area contributed by atoms with Crippen LogP contribution in [0.2, 0.25) is 0 Å². The maximum atomic E-state index is 4.06. The third-order valence-electron chi connectivity index (χ3n) is 0.609. The second kappa shape index (κ2) is 4.82. The van der Waals surface area contributed by atoms with E-state index in [9.17, 15) is 0 Å². The van der Waals surface area contributed by atoms with E-state index in [0.717, 1.165) is 9.22 Å². The highest BCUT2D eigenvalue weighted by Gasteiger charge is 1.87. The fourth-order valence-corrected chi connectivity index (χ4v) is 1.32. The molecular weight excluding hydrogens is 150 g/mol. The fourth-order valence-electron chi connectivity index (χ4n) is 0.350. The number of aromatic nitrogens is 1. The quantitative estimate of drug-likeness (QED) is 0.577. The second-order valence-electron chi connectivity index (χ2n) is 1.22. The maximum absolute atomic E-state index is 4.06. The summed E-state index contributed by atoms with van der Waals surface area (Å²) in [6.45, 7) is 5.96. The van der Waals surface area contributed by atoms with Crippen LogP contribution < -0.4 is 0 Å². The van der Waals surface area contributed by atoms with Crippen molar-refractivity contribution in [3.8, 4) is 0 Å². The van der Waals surface area contributed by atoms with Gasteiger partial charge < -0.3 is 0 Å². The lowest BCUT2D eigenvalue weighted by atomic mass is 10.8. The van der Waals surface area contributed by atoms with Gasteiger partial charge in [-0.2, -0.15) is 0 Å². The molecular formula is C6H11NS2. The summed E-state index contributed by atoms with van der Waals surface area (Å²) in [7, 11) is 0. The van der Waals surface area contributed by atoms with Crippen LogP contribution in [0.4, 0.5) is 0 Å². The van der Waals surface area contributed by atoms with Gasteiger partial charge in [0.05, 0.1) is 15.4 Å². The van der Waals surface area contributed by atoms with Crippen LogP contribution in [0.3, 0.4) is 0 Å². The summed E-state index contributed by atoms with van der Waals surface area (Å²) in [6, 6.07) is 0. The molecule has 0 aliphatic rings. The standard InChI is InChI=1S/C4H5NS2.C2H6/c1-3-5-2-4(6)7-3;1-2/h2,6H,1H3;1-2H3. The summed E-state index contributed by atoms with van der Waals surface area (Å²) < 4.78 is 0.984. The first-order chi connectivity index (χ1) is 4.29. The molecule has 3 heteroatoms. The fraction of sp³-hybridized carbons (Fsp3) is 0.500. The van der Waals surface area contributed by atoms with Crippen molar-refractivity contribution in [2.45, 2.75) is 25.0 Å². The lowest BCUT2D eigenvalue weighted by molar-refractivity contribution is 1.28. The Hall–Kier alpha value is -0.0200. The van der Waals surface area contributed by atoms with Crippen LogP contribution in [0.15, 0.2) is 10.4 Å². The Morgan fingerprint density at radius 1 is 1.56 bits per heavy atom. The van der Waals surface area contributed by atoms with Crippen molar-refractivity contribution in [3.63, 3.8) is 0 Å². The number of aryl methyl sites for hydroxylation is 1. The average Bonchev–Trinajstić information content (AvgIpc) is 2.20. The lowest BCUT2D eigenvalue weighted by Crippen LogP contribution is -1.56. The van der Waals surface area contributed by atoms with Crippen LogP contribution >= 0.6 is 24.0 Å². The molecule has 0 fully saturated rings. The Balaban J connectivity index is 0.000000291. The van der Waals surface area contributed by atoms with Gasteiger partial charge in [-0.3, -0.25) is 0 Å². The van der Waals surface area contributed by atoms with Crippen LogP contribution in [0.1, 0.15) is 18.9 Å². The molecule has 0 N–H and O–H groups in total. The van der Waals surface area contributed by atoms with Crippen LogP contribution in [0.5, 0.6) is 0 Å². The molecule has 0 saturated carbocycles. The normalized spacial score (nSPS) is 8.00. The maximum Gasteiger partial charge on any atom is 0.0905 e. The smallest absolute Gasteiger partial charge is 0.0905 e. The molecule has 0 spiro atoms. The van der Waals surface area contributed by atoms with E-state index in [1.165, 1.54) is 0 Å². The monoisotopic (exact) mass is 161 g/mol. The summed E-state index contributed by atoms with van der Waals surface area (Å²) >= 11 is 5.66. The van der Waals surface area contributed by atoms with Gasteiger partial charge in [-0.1, -0.05) is 13.8 Å². The predicted molar refractivity (Wildman–Crippen MR) is 45.5 cm³/mol. The molecule has 1 nitrogen and oxygen atoms in total. The van der Waals surface area contributed by atoms with Crippen molar-refractivity contribution < 1.29 is 0 Å². The van der Waals surface area contributed by atoms with Crippen molar-refractivity contribution in [3.05, 3.63) is 11.2 Å². The lowest BCUT2D eigenvalue weighted by Gasteiger charge is -1.68. The minimum Gasteiger partial charge on any atom is -0.249 e. The van der Waals surface area contributed by atoms with Crippen molar-refractivity contribution in [2.75, 3.05) is 0 Å². The molecule has 52 valence electrons. The third-order valence-corrected chi connectivity index (χ3v) is 1.71. The van der Waals surface area contributed by atoms with E-state index in [1.807, 2.05) is 20.8 Å². The molecule has 1 rings (SSSR count). The molecule has 0 amide bonds. The third kappa shape index (κ3) is 3.54. The van der Waals surface area contributed by atoms with Gasteiger partial charge in [0.2, 0.25) is 0 Å². The number of rotatable bonds is 0. The molecule has 0 aliphatic heterocycles. The molecule has 0 radical (unpaired) electrons. The zero-order chi connectivity index (χ0) is 7.28.